The van der Waals surface area contributed by atoms with Gasteiger partial charge in [0.1, 0.15) is 0 Å². The summed E-state index contributed by atoms with van der Waals surface area (Å²) in [6, 6.07) is 1.25. The predicted octanol–water partition coefficient (Wildman–Crippen LogP) is 4.22. The Hall–Kier alpha value is 0.467. The summed E-state index contributed by atoms with van der Waals surface area (Å²) >= 11 is 6.65. The van der Waals surface area contributed by atoms with Crippen molar-refractivity contribution >= 4 is 18.6 Å². The van der Waals surface area contributed by atoms with Gasteiger partial charge in [-0.05, 0) is 25.7 Å². The van der Waals surface area contributed by atoms with Crippen LogP contribution in [0.3, 0.4) is 0 Å². The first-order valence-corrected chi connectivity index (χ1v) is 9.69. The van der Waals surface area contributed by atoms with Gasteiger partial charge in [0.25, 0.3) is 0 Å². The average molecular weight is 236 g/mol. The highest BCUT2D eigenvalue weighted by Crippen LogP contribution is 2.23. The molecule has 0 aliphatic heterocycles. The maximum absolute atomic E-state index is 6.65. The summed E-state index contributed by atoms with van der Waals surface area (Å²) < 4.78 is 2.47. The van der Waals surface area contributed by atoms with Gasteiger partial charge in [-0.25, -0.2) is 0 Å². The Kier molecular flexibility index (Phi) is 7.98. The maximum Gasteiger partial charge on any atom is 0.226 e. The van der Waals surface area contributed by atoms with E-state index >= 15 is 0 Å². The van der Waals surface area contributed by atoms with Crippen LogP contribution in [-0.4, -0.2) is 25.2 Å². The van der Waals surface area contributed by atoms with Gasteiger partial charge in [-0.15, -0.1) is 11.1 Å². The molecule has 1 unspecified atom stereocenters. The van der Waals surface area contributed by atoms with Crippen LogP contribution < -0.4 is 0 Å². The van der Waals surface area contributed by atoms with Crippen molar-refractivity contribution in [2.75, 3.05) is 13.1 Å². The summed E-state index contributed by atoms with van der Waals surface area (Å²) in [5.41, 5.74) is 0. The predicted molar refractivity (Wildman–Crippen MR) is 69.3 cm³/mol. The van der Waals surface area contributed by atoms with Gasteiger partial charge in [0.15, 0.2) is 0 Å². The summed E-state index contributed by atoms with van der Waals surface area (Å²) in [4.78, 5) is 0. The van der Waals surface area contributed by atoms with Crippen LogP contribution >= 0.6 is 11.1 Å². The van der Waals surface area contributed by atoms with Crippen LogP contribution in [0.2, 0.25) is 12.6 Å². The molecule has 3 heteroatoms. The first-order chi connectivity index (χ1) is 6.58. The van der Waals surface area contributed by atoms with Crippen LogP contribution in [-0.2, 0) is 0 Å². The molecule has 86 valence electrons. The fourth-order valence-corrected chi connectivity index (χ4v) is 5.56. The van der Waals surface area contributed by atoms with E-state index in [-0.39, 0.29) is 0 Å². The molecule has 0 saturated carbocycles. The first kappa shape index (κ1) is 14.5. The third kappa shape index (κ3) is 5.37. The molecule has 0 aromatic heterocycles. The zero-order valence-electron chi connectivity index (χ0n) is 10.3. The zero-order chi connectivity index (χ0) is 11.0. The molecule has 0 heterocycles. The summed E-state index contributed by atoms with van der Waals surface area (Å²) in [7, 11) is -1.58. The number of hydrogen-bond donors (Lipinski definition) is 0. The second kappa shape index (κ2) is 7.72. The van der Waals surface area contributed by atoms with E-state index in [1.54, 1.807) is 0 Å². The van der Waals surface area contributed by atoms with Crippen molar-refractivity contribution in [3.8, 4) is 0 Å². The minimum atomic E-state index is -1.58. The highest BCUT2D eigenvalue weighted by molar-refractivity contribution is 7.18. The molecular formula is C11H26ClNSi. The Morgan fingerprint density at radius 1 is 1.00 bits per heavy atom. The van der Waals surface area contributed by atoms with Gasteiger partial charge in [-0.3, -0.25) is 0 Å². The molecule has 0 bridgehead atoms. The molecule has 0 aromatic carbocycles. The summed E-state index contributed by atoms with van der Waals surface area (Å²) in [5, 5.41) is 0. The summed E-state index contributed by atoms with van der Waals surface area (Å²) in [6.45, 7) is 11.2. The van der Waals surface area contributed by atoms with Crippen molar-refractivity contribution in [2.45, 2.75) is 59.0 Å². The molecular weight excluding hydrogens is 210 g/mol. The second-order valence-electron chi connectivity index (χ2n) is 4.13. The lowest BCUT2D eigenvalue weighted by Crippen LogP contribution is -2.46. The van der Waals surface area contributed by atoms with Gasteiger partial charge in [0.05, 0.1) is 0 Å². The summed E-state index contributed by atoms with van der Waals surface area (Å²) in [6.07, 6.45) is 5.34. The lowest BCUT2D eigenvalue weighted by atomic mass is 10.2. The normalized spacial score (nSPS) is 15.9. The third-order valence-electron chi connectivity index (χ3n) is 2.91. The van der Waals surface area contributed by atoms with E-state index in [0.29, 0.717) is 0 Å². The lowest BCUT2D eigenvalue weighted by molar-refractivity contribution is 0.471. The molecule has 0 amide bonds. The smallest absolute Gasteiger partial charge is 0.226 e. The highest BCUT2D eigenvalue weighted by atomic mass is 35.6. The molecule has 0 spiro atoms. The zero-order valence-corrected chi connectivity index (χ0v) is 12.0. The van der Waals surface area contributed by atoms with Crippen LogP contribution in [0.1, 0.15) is 46.5 Å². The SMILES string of the molecule is CCCCCC[Si](C)(Cl)N(CC)CC. The Morgan fingerprint density at radius 3 is 2.00 bits per heavy atom. The molecule has 0 radical (unpaired) electrons. The molecule has 1 atom stereocenters. The molecule has 0 aromatic rings. The molecule has 0 fully saturated rings. The molecule has 0 rings (SSSR count). The van der Waals surface area contributed by atoms with Crippen molar-refractivity contribution in [1.29, 1.82) is 0 Å². The van der Waals surface area contributed by atoms with Crippen molar-refractivity contribution in [2.24, 2.45) is 0 Å². The molecule has 14 heavy (non-hydrogen) atoms. The van der Waals surface area contributed by atoms with E-state index in [1.807, 2.05) is 0 Å². The number of rotatable bonds is 8. The van der Waals surface area contributed by atoms with E-state index in [9.17, 15) is 0 Å². The quantitative estimate of drug-likeness (QED) is 0.346. The van der Waals surface area contributed by atoms with Crippen LogP contribution in [0.15, 0.2) is 0 Å². The van der Waals surface area contributed by atoms with Crippen LogP contribution in [0, 0.1) is 0 Å². The lowest BCUT2D eigenvalue weighted by Gasteiger charge is -2.32. The fourth-order valence-electron chi connectivity index (χ4n) is 1.92. The van der Waals surface area contributed by atoms with E-state index in [4.69, 9.17) is 11.1 Å². The third-order valence-corrected chi connectivity index (χ3v) is 7.41. The Balaban J connectivity index is 3.80. The van der Waals surface area contributed by atoms with Gasteiger partial charge in [-0.1, -0.05) is 46.5 Å². The monoisotopic (exact) mass is 235 g/mol. The van der Waals surface area contributed by atoms with Crippen molar-refractivity contribution < 1.29 is 0 Å². The molecule has 0 N–H and O–H groups in total. The Labute approximate surface area is 95.6 Å². The number of nitrogens with zero attached hydrogens (tertiary/aromatic N) is 1. The fraction of sp³-hybridized carbons (Fsp3) is 1.00. The molecule has 0 aliphatic carbocycles. The van der Waals surface area contributed by atoms with Crippen LogP contribution in [0.25, 0.3) is 0 Å². The minimum absolute atomic E-state index is 1.11. The standard InChI is InChI=1S/C11H26ClNSi/c1-5-8-9-10-11-14(4,12)13(6-2)7-3/h5-11H2,1-4H3. The Bertz CT molecular complexity index is 135. The number of hydrogen-bond acceptors (Lipinski definition) is 1. The van der Waals surface area contributed by atoms with Gasteiger partial charge >= 0.3 is 0 Å². The number of unbranched alkanes of at least 4 members (excludes halogenated alkanes) is 3. The largest absolute Gasteiger partial charge is 0.312 e. The van der Waals surface area contributed by atoms with Crippen molar-refractivity contribution in [1.82, 2.24) is 4.57 Å². The topological polar surface area (TPSA) is 3.24 Å². The van der Waals surface area contributed by atoms with E-state index in [2.05, 4.69) is 31.9 Å². The van der Waals surface area contributed by atoms with Crippen molar-refractivity contribution in [3.63, 3.8) is 0 Å². The Morgan fingerprint density at radius 2 is 1.57 bits per heavy atom. The molecule has 1 nitrogen and oxygen atoms in total. The van der Waals surface area contributed by atoms with Gasteiger partial charge in [0.2, 0.25) is 7.55 Å². The highest BCUT2D eigenvalue weighted by Gasteiger charge is 2.29. The minimum Gasteiger partial charge on any atom is -0.312 e. The van der Waals surface area contributed by atoms with Gasteiger partial charge in [-0.2, -0.15) is 0 Å². The first-order valence-electron chi connectivity index (χ1n) is 6.02. The molecule has 0 saturated heterocycles. The van der Waals surface area contributed by atoms with Crippen molar-refractivity contribution in [3.05, 3.63) is 0 Å². The van der Waals surface area contributed by atoms with E-state index < -0.39 is 7.55 Å². The average Bonchev–Trinajstić information content (AvgIpc) is 2.14. The maximum atomic E-state index is 6.65. The van der Waals surface area contributed by atoms with Crippen LogP contribution in [0.4, 0.5) is 0 Å². The van der Waals surface area contributed by atoms with Crippen LogP contribution in [0.5, 0.6) is 0 Å². The van der Waals surface area contributed by atoms with E-state index in [0.717, 1.165) is 13.1 Å². The summed E-state index contributed by atoms with van der Waals surface area (Å²) in [5.74, 6) is 0. The molecule has 0 aliphatic rings. The van der Waals surface area contributed by atoms with Gasteiger partial charge in [0, 0.05) is 0 Å². The second-order valence-corrected chi connectivity index (χ2v) is 9.99. The number of halogens is 1. The van der Waals surface area contributed by atoms with Gasteiger partial charge < -0.3 is 4.57 Å². The van der Waals surface area contributed by atoms with E-state index in [1.165, 1.54) is 31.7 Å².